The number of hydrogen-bond donors (Lipinski definition) is 2. The second-order valence-corrected chi connectivity index (χ2v) is 4.94. The number of halogens is 2. The van der Waals surface area contributed by atoms with Crippen molar-refractivity contribution in [2.75, 3.05) is 0 Å². The lowest BCUT2D eigenvalue weighted by Gasteiger charge is -2.21. The van der Waals surface area contributed by atoms with E-state index in [2.05, 4.69) is 5.43 Å². The van der Waals surface area contributed by atoms with E-state index in [0.717, 1.165) is 22.8 Å². The molecule has 0 amide bonds. The van der Waals surface area contributed by atoms with Gasteiger partial charge in [-0.3, -0.25) is 11.3 Å². The first-order valence-electron chi connectivity index (χ1n) is 6.49. The molecule has 0 radical (unpaired) electrons. The van der Waals surface area contributed by atoms with Gasteiger partial charge < -0.3 is 0 Å². The van der Waals surface area contributed by atoms with E-state index in [9.17, 15) is 8.78 Å². The van der Waals surface area contributed by atoms with Gasteiger partial charge in [0.05, 0.1) is 6.04 Å². The molecule has 0 fully saturated rings. The van der Waals surface area contributed by atoms with E-state index in [1.807, 2.05) is 32.0 Å². The third-order valence-electron chi connectivity index (χ3n) is 3.55. The van der Waals surface area contributed by atoms with Crippen molar-refractivity contribution in [3.63, 3.8) is 0 Å². The van der Waals surface area contributed by atoms with E-state index in [1.165, 1.54) is 6.07 Å². The molecule has 0 saturated carbocycles. The predicted molar refractivity (Wildman–Crippen MR) is 76.0 cm³/mol. The zero-order valence-electron chi connectivity index (χ0n) is 11.6. The highest BCUT2D eigenvalue weighted by Crippen LogP contribution is 2.26. The summed E-state index contributed by atoms with van der Waals surface area (Å²) >= 11 is 0. The van der Waals surface area contributed by atoms with Gasteiger partial charge in [-0.05, 0) is 48.6 Å². The first-order chi connectivity index (χ1) is 9.54. The minimum absolute atomic E-state index is 0.257. The highest BCUT2D eigenvalue weighted by Gasteiger charge is 2.18. The Kier molecular flexibility index (Phi) is 4.47. The molecular formula is C16H18F2N2. The van der Waals surface area contributed by atoms with Crippen molar-refractivity contribution >= 4 is 0 Å². The molecule has 0 aliphatic rings. The summed E-state index contributed by atoms with van der Waals surface area (Å²) in [6.45, 7) is 3.96. The second kappa shape index (κ2) is 6.11. The minimum Gasteiger partial charge on any atom is -0.271 e. The first kappa shape index (κ1) is 14.6. The summed E-state index contributed by atoms with van der Waals surface area (Å²) in [4.78, 5) is 0. The molecular weight excluding hydrogens is 258 g/mol. The van der Waals surface area contributed by atoms with Gasteiger partial charge >= 0.3 is 0 Å². The van der Waals surface area contributed by atoms with Gasteiger partial charge in [0.2, 0.25) is 0 Å². The second-order valence-electron chi connectivity index (χ2n) is 4.94. The SMILES string of the molecule is Cc1cccc(C)c1C(Cc1cccc(F)c1F)NN. The van der Waals surface area contributed by atoms with Crippen molar-refractivity contribution in [3.8, 4) is 0 Å². The fraction of sp³-hybridized carbons (Fsp3) is 0.250. The van der Waals surface area contributed by atoms with Crippen LogP contribution in [0.15, 0.2) is 36.4 Å². The molecule has 0 saturated heterocycles. The average Bonchev–Trinajstić information content (AvgIpc) is 2.42. The Morgan fingerprint density at radius 1 is 1.05 bits per heavy atom. The fourth-order valence-corrected chi connectivity index (χ4v) is 2.55. The number of aryl methyl sites for hydroxylation is 2. The minimum atomic E-state index is -0.834. The van der Waals surface area contributed by atoms with Crippen LogP contribution in [0.4, 0.5) is 8.78 Å². The molecule has 20 heavy (non-hydrogen) atoms. The Morgan fingerprint density at radius 3 is 2.25 bits per heavy atom. The molecule has 1 unspecified atom stereocenters. The smallest absolute Gasteiger partial charge is 0.162 e. The predicted octanol–water partition coefficient (Wildman–Crippen LogP) is 3.33. The number of nitrogens with one attached hydrogen (secondary N) is 1. The molecule has 0 aliphatic carbocycles. The Hall–Kier alpha value is -1.78. The third kappa shape index (κ3) is 2.86. The van der Waals surface area contributed by atoms with Crippen LogP contribution < -0.4 is 11.3 Å². The van der Waals surface area contributed by atoms with Crippen molar-refractivity contribution in [2.24, 2.45) is 5.84 Å². The maximum atomic E-state index is 13.8. The molecule has 3 N–H and O–H groups in total. The van der Waals surface area contributed by atoms with Gasteiger partial charge in [0, 0.05) is 0 Å². The fourth-order valence-electron chi connectivity index (χ4n) is 2.55. The molecule has 2 rings (SSSR count). The third-order valence-corrected chi connectivity index (χ3v) is 3.55. The molecule has 0 bridgehead atoms. The van der Waals surface area contributed by atoms with Gasteiger partial charge in [-0.25, -0.2) is 8.78 Å². The highest BCUT2D eigenvalue weighted by molar-refractivity contribution is 5.37. The normalized spacial score (nSPS) is 12.4. The van der Waals surface area contributed by atoms with Crippen LogP contribution in [0.5, 0.6) is 0 Å². The lowest BCUT2D eigenvalue weighted by molar-refractivity contribution is 0.480. The molecule has 0 aliphatic heterocycles. The van der Waals surface area contributed by atoms with Gasteiger partial charge in [0.15, 0.2) is 11.6 Å². The van der Waals surface area contributed by atoms with E-state index >= 15 is 0 Å². The van der Waals surface area contributed by atoms with Crippen molar-refractivity contribution in [3.05, 3.63) is 70.3 Å². The van der Waals surface area contributed by atoms with Crippen molar-refractivity contribution in [1.82, 2.24) is 5.43 Å². The van der Waals surface area contributed by atoms with Crippen LogP contribution in [-0.4, -0.2) is 0 Å². The van der Waals surface area contributed by atoms with Crippen LogP contribution >= 0.6 is 0 Å². The Morgan fingerprint density at radius 2 is 1.65 bits per heavy atom. The Bertz CT molecular complexity index is 591. The van der Waals surface area contributed by atoms with Crippen molar-refractivity contribution in [1.29, 1.82) is 0 Å². The number of rotatable bonds is 4. The van der Waals surface area contributed by atoms with Crippen LogP contribution in [0.2, 0.25) is 0 Å². The summed E-state index contributed by atoms with van der Waals surface area (Å²) in [6, 6.07) is 9.87. The van der Waals surface area contributed by atoms with Crippen molar-refractivity contribution < 1.29 is 8.78 Å². The van der Waals surface area contributed by atoms with E-state index in [-0.39, 0.29) is 6.04 Å². The van der Waals surface area contributed by atoms with Gasteiger partial charge in [0.1, 0.15) is 0 Å². The lowest BCUT2D eigenvalue weighted by Crippen LogP contribution is -2.31. The number of hydrogen-bond acceptors (Lipinski definition) is 2. The summed E-state index contributed by atoms with van der Waals surface area (Å²) in [5, 5.41) is 0. The monoisotopic (exact) mass is 276 g/mol. The van der Waals surface area contributed by atoms with E-state index in [0.29, 0.717) is 12.0 Å². The maximum absolute atomic E-state index is 13.8. The molecule has 0 aromatic heterocycles. The molecule has 4 heteroatoms. The highest BCUT2D eigenvalue weighted by atomic mass is 19.2. The Labute approximate surface area is 117 Å². The van der Waals surface area contributed by atoms with Crippen LogP contribution in [-0.2, 0) is 6.42 Å². The number of benzene rings is 2. The molecule has 2 aromatic rings. The number of hydrazine groups is 1. The summed E-state index contributed by atoms with van der Waals surface area (Å²) < 4.78 is 27.0. The van der Waals surface area contributed by atoms with Gasteiger partial charge in [-0.2, -0.15) is 0 Å². The number of nitrogens with two attached hydrogens (primary N) is 1. The summed E-state index contributed by atoms with van der Waals surface area (Å²) in [5.41, 5.74) is 6.20. The first-order valence-corrected chi connectivity index (χ1v) is 6.49. The molecule has 0 spiro atoms. The zero-order chi connectivity index (χ0) is 14.7. The van der Waals surface area contributed by atoms with Crippen LogP contribution in [0.25, 0.3) is 0 Å². The molecule has 0 heterocycles. The largest absolute Gasteiger partial charge is 0.271 e. The quantitative estimate of drug-likeness (QED) is 0.664. The van der Waals surface area contributed by atoms with E-state index in [4.69, 9.17) is 5.84 Å². The van der Waals surface area contributed by atoms with Crippen molar-refractivity contribution in [2.45, 2.75) is 26.3 Å². The van der Waals surface area contributed by atoms with Gasteiger partial charge in [-0.15, -0.1) is 0 Å². The van der Waals surface area contributed by atoms with Gasteiger partial charge in [-0.1, -0.05) is 30.3 Å². The Balaban J connectivity index is 2.37. The molecule has 2 nitrogen and oxygen atoms in total. The van der Waals surface area contributed by atoms with Crippen LogP contribution in [0, 0.1) is 25.5 Å². The molecule has 106 valence electrons. The topological polar surface area (TPSA) is 38.0 Å². The molecule has 1 atom stereocenters. The lowest BCUT2D eigenvalue weighted by atomic mass is 9.92. The standard InChI is InChI=1S/C16H18F2N2/c1-10-5-3-6-11(2)15(10)14(20-19)9-12-7-4-8-13(17)16(12)18/h3-8,14,20H,9,19H2,1-2H3. The summed E-state index contributed by atoms with van der Waals surface area (Å²) in [5.74, 6) is 3.97. The van der Waals surface area contributed by atoms with Crippen LogP contribution in [0.3, 0.4) is 0 Å². The van der Waals surface area contributed by atoms with Gasteiger partial charge in [0.25, 0.3) is 0 Å². The average molecular weight is 276 g/mol. The summed E-state index contributed by atoms with van der Waals surface area (Å²) in [7, 11) is 0. The van der Waals surface area contributed by atoms with Crippen LogP contribution in [0.1, 0.15) is 28.3 Å². The molecule has 2 aromatic carbocycles. The zero-order valence-corrected chi connectivity index (χ0v) is 11.6. The maximum Gasteiger partial charge on any atom is 0.162 e. The van der Waals surface area contributed by atoms with E-state index in [1.54, 1.807) is 6.07 Å². The van der Waals surface area contributed by atoms with E-state index < -0.39 is 11.6 Å². The summed E-state index contributed by atoms with van der Waals surface area (Å²) in [6.07, 6.45) is 0.297.